The summed E-state index contributed by atoms with van der Waals surface area (Å²) in [5.74, 6) is 0.282. The Hall–Kier alpha value is -0.360. The quantitative estimate of drug-likeness (QED) is 0.724. The van der Waals surface area contributed by atoms with Gasteiger partial charge in [0.25, 0.3) is 0 Å². The maximum absolute atomic E-state index is 12.2. The topological polar surface area (TPSA) is 64.8 Å². The van der Waals surface area contributed by atoms with E-state index in [4.69, 9.17) is 15.2 Å². The van der Waals surface area contributed by atoms with Gasteiger partial charge in [0.05, 0.1) is 12.2 Å². The van der Waals surface area contributed by atoms with Crippen LogP contribution in [-0.2, 0) is 14.3 Å². The van der Waals surface area contributed by atoms with Gasteiger partial charge in [0.2, 0.25) is 5.91 Å². The Balaban J connectivity index is 0.00000242. The summed E-state index contributed by atoms with van der Waals surface area (Å²) < 4.78 is 11.5. The average Bonchev–Trinajstić information content (AvgIpc) is 2.54. The zero-order valence-corrected chi connectivity index (χ0v) is 14.3. The zero-order chi connectivity index (χ0) is 14.9. The molecule has 0 radical (unpaired) electrons. The van der Waals surface area contributed by atoms with Crippen molar-refractivity contribution in [2.45, 2.75) is 63.6 Å². The minimum Gasteiger partial charge on any atom is -0.378 e. The highest BCUT2D eigenvalue weighted by Crippen LogP contribution is 2.19. The van der Waals surface area contributed by atoms with Crippen molar-refractivity contribution in [3.8, 4) is 0 Å². The maximum Gasteiger partial charge on any atom is 0.222 e. The van der Waals surface area contributed by atoms with Crippen molar-refractivity contribution in [3.05, 3.63) is 0 Å². The van der Waals surface area contributed by atoms with Crippen LogP contribution < -0.4 is 5.73 Å². The monoisotopic (exact) mass is 334 g/mol. The van der Waals surface area contributed by atoms with Crippen LogP contribution in [0.4, 0.5) is 0 Å². The minimum absolute atomic E-state index is 0. The standard InChI is InChI=1S/C16H30N2O3.ClH/c17-9-3-13-21-15-7-10-18(11-8-15)16(19)6-5-14-4-1-2-12-20-14;/h14-15H,1-13,17H2;1H. The largest absolute Gasteiger partial charge is 0.378 e. The minimum atomic E-state index is 0. The van der Waals surface area contributed by atoms with Crippen LogP contribution in [-0.4, -0.2) is 55.9 Å². The molecule has 2 aliphatic heterocycles. The SMILES string of the molecule is Cl.NCCCOC1CCN(C(=O)CCC2CCCCO2)CC1. The first-order chi connectivity index (χ1) is 10.3. The Labute approximate surface area is 140 Å². The molecule has 2 fully saturated rings. The normalized spacial score (nSPS) is 23.1. The highest BCUT2D eigenvalue weighted by molar-refractivity contribution is 5.85. The van der Waals surface area contributed by atoms with Crippen molar-refractivity contribution in [2.24, 2.45) is 5.73 Å². The van der Waals surface area contributed by atoms with E-state index < -0.39 is 0 Å². The molecule has 22 heavy (non-hydrogen) atoms. The number of likely N-dealkylation sites (tertiary alicyclic amines) is 1. The molecule has 0 aliphatic carbocycles. The maximum atomic E-state index is 12.2. The van der Waals surface area contributed by atoms with Crippen molar-refractivity contribution in [1.82, 2.24) is 4.90 Å². The van der Waals surface area contributed by atoms with Crippen LogP contribution in [0.5, 0.6) is 0 Å². The van der Waals surface area contributed by atoms with Crippen LogP contribution in [0.2, 0.25) is 0 Å². The average molecular weight is 335 g/mol. The van der Waals surface area contributed by atoms with Crippen molar-refractivity contribution in [1.29, 1.82) is 0 Å². The molecule has 130 valence electrons. The first-order valence-corrected chi connectivity index (χ1v) is 8.50. The van der Waals surface area contributed by atoms with Crippen LogP contribution in [0.25, 0.3) is 0 Å². The molecule has 6 heteroatoms. The van der Waals surface area contributed by atoms with Gasteiger partial charge in [-0.25, -0.2) is 0 Å². The van der Waals surface area contributed by atoms with Gasteiger partial charge in [-0.2, -0.15) is 0 Å². The first-order valence-electron chi connectivity index (χ1n) is 8.50. The number of nitrogens with two attached hydrogens (primary N) is 1. The summed E-state index contributed by atoms with van der Waals surface area (Å²) in [6.45, 7) is 3.95. The summed E-state index contributed by atoms with van der Waals surface area (Å²) in [7, 11) is 0. The number of hydrogen-bond acceptors (Lipinski definition) is 4. The van der Waals surface area contributed by atoms with Crippen LogP contribution in [0.3, 0.4) is 0 Å². The molecule has 5 nitrogen and oxygen atoms in total. The van der Waals surface area contributed by atoms with Gasteiger partial charge in [-0.05, 0) is 51.5 Å². The number of carbonyl (C=O) groups is 1. The molecular weight excluding hydrogens is 304 g/mol. The van der Waals surface area contributed by atoms with Gasteiger partial charge in [-0.1, -0.05) is 0 Å². The van der Waals surface area contributed by atoms with Crippen molar-refractivity contribution < 1.29 is 14.3 Å². The third-order valence-electron chi connectivity index (χ3n) is 4.45. The molecule has 0 bridgehead atoms. The lowest BCUT2D eigenvalue weighted by molar-refractivity contribution is -0.134. The third kappa shape index (κ3) is 6.82. The number of piperidine rings is 1. The molecule has 1 atom stereocenters. The number of ether oxygens (including phenoxy) is 2. The Morgan fingerprint density at radius 2 is 2.00 bits per heavy atom. The number of carbonyl (C=O) groups excluding carboxylic acids is 1. The molecule has 2 N–H and O–H groups in total. The van der Waals surface area contributed by atoms with Gasteiger partial charge in [0.15, 0.2) is 0 Å². The van der Waals surface area contributed by atoms with Gasteiger partial charge in [-0.15, -0.1) is 12.4 Å². The second kappa shape index (κ2) is 11.2. The van der Waals surface area contributed by atoms with Gasteiger partial charge in [-0.3, -0.25) is 4.79 Å². The predicted octanol–water partition coefficient (Wildman–Crippen LogP) is 2.11. The number of rotatable bonds is 7. The van der Waals surface area contributed by atoms with E-state index in [0.717, 1.165) is 58.4 Å². The smallest absolute Gasteiger partial charge is 0.222 e. The molecule has 1 unspecified atom stereocenters. The highest BCUT2D eigenvalue weighted by atomic mass is 35.5. The summed E-state index contributed by atoms with van der Waals surface area (Å²) in [5, 5.41) is 0. The van der Waals surface area contributed by atoms with E-state index in [9.17, 15) is 4.79 Å². The van der Waals surface area contributed by atoms with Gasteiger partial charge in [0, 0.05) is 32.7 Å². The first kappa shape index (κ1) is 19.7. The van der Waals surface area contributed by atoms with Crippen molar-refractivity contribution in [3.63, 3.8) is 0 Å². The Kier molecular flexibility index (Phi) is 10.0. The van der Waals surface area contributed by atoms with Gasteiger partial charge >= 0.3 is 0 Å². The zero-order valence-electron chi connectivity index (χ0n) is 13.5. The Morgan fingerprint density at radius 1 is 1.23 bits per heavy atom. The molecule has 0 aromatic rings. The summed E-state index contributed by atoms with van der Waals surface area (Å²) in [4.78, 5) is 14.2. The Morgan fingerprint density at radius 3 is 2.64 bits per heavy atom. The molecule has 2 heterocycles. The summed E-state index contributed by atoms with van der Waals surface area (Å²) in [6.07, 6.45) is 8.47. The predicted molar refractivity (Wildman–Crippen MR) is 89.3 cm³/mol. The molecule has 0 spiro atoms. The molecule has 0 aromatic heterocycles. The fraction of sp³-hybridized carbons (Fsp3) is 0.938. The molecular formula is C16H31ClN2O3. The fourth-order valence-electron chi connectivity index (χ4n) is 3.08. The van der Waals surface area contributed by atoms with Crippen molar-refractivity contribution in [2.75, 3.05) is 32.8 Å². The van der Waals surface area contributed by atoms with E-state index in [2.05, 4.69) is 0 Å². The highest BCUT2D eigenvalue weighted by Gasteiger charge is 2.24. The van der Waals surface area contributed by atoms with Crippen molar-refractivity contribution >= 4 is 18.3 Å². The fourth-order valence-corrected chi connectivity index (χ4v) is 3.08. The molecule has 0 saturated carbocycles. The Bertz CT molecular complexity index is 304. The van der Waals surface area contributed by atoms with Crippen LogP contribution >= 0.6 is 12.4 Å². The number of amides is 1. The van der Waals surface area contributed by atoms with Crippen LogP contribution in [0, 0.1) is 0 Å². The second-order valence-electron chi connectivity index (χ2n) is 6.12. The lowest BCUT2D eigenvalue weighted by atomic mass is 10.0. The van der Waals surface area contributed by atoms with Crippen LogP contribution in [0.15, 0.2) is 0 Å². The number of hydrogen-bond donors (Lipinski definition) is 1. The van der Waals surface area contributed by atoms with E-state index in [1.807, 2.05) is 4.90 Å². The van der Waals surface area contributed by atoms with Gasteiger partial charge < -0.3 is 20.1 Å². The lowest BCUT2D eigenvalue weighted by Gasteiger charge is -2.32. The summed E-state index contributed by atoms with van der Waals surface area (Å²) in [5.41, 5.74) is 5.46. The molecule has 0 aromatic carbocycles. The van der Waals surface area contributed by atoms with E-state index in [-0.39, 0.29) is 18.3 Å². The third-order valence-corrected chi connectivity index (χ3v) is 4.45. The number of nitrogens with zero attached hydrogens (tertiary/aromatic N) is 1. The van der Waals surface area contributed by atoms with E-state index in [1.165, 1.54) is 12.8 Å². The summed E-state index contributed by atoms with van der Waals surface area (Å²) >= 11 is 0. The van der Waals surface area contributed by atoms with E-state index in [1.54, 1.807) is 0 Å². The number of halogens is 1. The molecule has 2 aliphatic rings. The lowest BCUT2D eigenvalue weighted by Crippen LogP contribution is -2.41. The van der Waals surface area contributed by atoms with Gasteiger partial charge in [0.1, 0.15) is 0 Å². The molecule has 2 saturated heterocycles. The molecule has 1 amide bonds. The second-order valence-corrected chi connectivity index (χ2v) is 6.12. The summed E-state index contributed by atoms with van der Waals surface area (Å²) in [6, 6.07) is 0. The van der Waals surface area contributed by atoms with E-state index >= 15 is 0 Å². The van der Waals surface area contributed by atoms with E-state index in [0.29, 0.717) is 25.2 Å². The van der Waals surface area contributed by atoms with Crippen LogP contribution in [0.1, 0.15) is 51.4 Å². The molecule has 2 rings (SSSR count).